The Morgan fingerprint density at radius 3 is 2.72 bits per heavy atom. The van der Waals surface area contributed by atoms with Gasteiger partial charge in [0.25, 0.3) is 5.91 Å². The van der Waals surface area contributed by atoms with E-state index in [1.807, 2.05) is 36.6 Å². The molecule has 1 aromatic heterocycles. The quantitative estimate of drug-likeness (QED) is 0.830. The number of rotatable bonds is 6. The SMILES string of the molecule is CCOc1ccc(-c2nc(C(=O)NCC3(C)CCNCC3)cs2)cc1. The minimum absolute atomic E-state index is 0.0896. The van der Waals surface area contributed by atoms with Gasteiger partial charge in [-0.05, 0) is 62.5 Å². The first-order chi connectivity index (χ1) is 12.1. The zero-order chi connectivity index (χ0) is 17.7. The van der Waals surface area contributed by atoms with Crippen molar-refractivity contribution < 1.29 is 9.53 Å². The maximum Gasteiger partial charge on any atom is 0.270 e. The third kappa shape index (κ3) is 4.58. The maximum absolute atomic E-state index is 12.4. The molecule has 2 heterocycles. The summed E-state index contributed by atoms with van der Waals surface area (Å²) in [7, 11) is 0. The summed E-state index contributed by atoms with van der Waals surface area (Å²) in [6, 6.07) is 7.80. The van der Waals surface area contributed by atoms with Gasteiger partial charge in [-0.25, -0.2) is 4.98 Å². The summed E-state index contributed by atoms with van der Waals surface area (Å²) in [6.07, 6.45) is 2.17. The van der Waals surface area contributed by atoms with Crippen molar-refractivity contribution in [3.63, 3.8) is 0 Å². The Kier molecular flexibility index (Phi) is 5.71. The Morgan fingerprint density at radius 1 is 1.32 bits per heavy atom. The highest BCUT2D eigenvalue weighted by atomic mass is 32.1. The number of ether oxygens (including phenoxy) is 1. The molecule has 1 fully saturated rings. The number of benzene rings is 1. The first-order valence-corrected chi connectivity index (χ1v) is 9.65. The van der Waals surface area contributed by atoms with E-state index in [1.54, 1.807) is 0 Å². The second-order valence-corrected chi connectivity index (χ2v) is 7.60. The van der Waals surface area contributed by atoms with Gasteiger partial charge in [-0.1, -0.05) is 6.92 Å². The molecular formula is C19H25N3O2S. The van der Waals surface area contributed by atoms with Gasteiger partial charge < -0.3 is 15.4 Å². The molecule has 2 N–H and O–H groups in total. The van der Waals surface area contributed by atoms with Crippen molar-refractivity contribution in [1.82, 2.24) is 15.6 Å². The highest BCUT2D eigenvalue weighted by Crippen LogP contribution is 2.28. The smallest absolute Gasteiger partial charge is 0.270 e. The Balaban J connectivity index is 1.61. The maximum atomic E-state index is 12.4. The molecule has 1 aromatic carbocycles. The average Bonchev–Trinajstić information content (AvgIpc) is 3.12. The van der Waals surface area contributed by atoms with Gasteiger partial charge in [-0.15, -0.1) is 11.3 Å². The summed E-state index contributed by atoms with van der Waals surface area (Å²) in [6.45, 7) is 7.58. The highest BCUT2D eigenvalue weighted by molar-refractivity contribution is 7.13. The largest absolute Gasteiger partial charge is 0.494 e. The van der Waals surface area contributed by atoms with E-state index >= 15 is 0 Å². The third-order valence-electron chi connectivity index (χ3n) is 4.64. The van der Waals surface area contributed by atoms with Crippen LogP contribution in [-0.4, -0.2) is 37.1 Å². The first-order valence-electron chi connectivity index (χ1n) is 8.77. The van der Waals surface area contributed by atoms with Gasteiger partial charge in [0, 0.05) is 17.5 Å². The van der Waals surface area contributed by atoms with Crippen LogP contribution < -0.4 is 15.4 Å². The topological polar surface area (TPSA) is 63.2 Å². The predicted octanol–water partition coefficient (Wildman–Crippen LogP) is 3.33. The van der Waals surface area contributed by atoms with E-state index in [0.717, 1.165) is 42.3 Å². The van der Waals surface area contributed by atoms with E-state index in [9.17, 15) is 4.79 Å². The van der Waals surface area contributed by atoms with Crippen LogP contribution in [0.4, 0.5) is 0 Å². The highest BCUT2D eigenvalue weighted by Gasteiger charge is 2.27. The Bertz CT molecular complexity index is 706. The molecule has 0 spiro atoms. The number of thiazole rings is 1. The Labute approximate surface area is 152 Å². The molecule has 0 atom stereocenters. The number of hydrogen-bond donors (Lipinski definition) is 2. The summed E-state index contributed by atoms with van der Waals surface area (Å²) >= 11 is 1.49. The fourth-order valence-electron chi connectivity index (χ4n) is 2.96. The lowest BCUT2D eigenvalue weighted by Crippen LogP contribution is -2.42. The fraction of sp³-hybridized carbons (Fsp3) is 0.474. The predicted molar refractivity (Wildman–Crippen MR) is 101 cm³/mol. The molecule has 0 bridgehead atoms. The van der Waals surface area contributed by atoms with E-state index in [0.29, 0.717) is 18.8 Å². The van der Waals surface area contributed by atoms with Crippen molar-refractivity contribution in [3.05, 3.63) is 35.3 Å². The summed E-state index contributed by atoms with van der Waals surface area (Å²) in [5.74, 6) is 0.754. The van der Waals surface area contributed by atoms with Crippen molar-refractivity contribution in [2.24, 2.45) is 5.41 Å². The first kappa shape index (κ1) is 17.9. The molecule has 1 aliphatic rings. The normalized spacial score (nSPS) is 16.4. The molecule has 1 amide bonds. The minimum atomic E-state index is -0.0896. The summed E-state index contributed by atoms with van der Waals surface area (Å²) in [5.41, 5.74) is 1.67. The van der Waals surface area contributed by atoms with E-state index < -0.39 is 0 Å². The van der Waals surface area contributed by atoms with Crippen LogP contribution in [0.3, 0.4) is 0 Å². The molecule has 134 valence electrons. The van der Waals surface area contributed by atoms with Crippen LogP contribution in [0.5, 0.6) is 5.75 Å². The van der Waals surface area contributed by atoms with Gasteiger partial charge in [0.1, 0.15) is 16.5 Å². The van der Waals surface area contributed by atoms with Crippen molar-refractivity contribution in [2.45, 2.75) is 26.7 Å². The molecular weight excluding hydrogens is 334 g/mol. The van der Waals surface area contributed by atoms with E-state index in [-0.39, 0.29) is 11.3 Å². The van der Waals surface area contributed by atoms with E-state index in [1.165, 1.54) is 11.3 Å². The Morgan fingerprint density at radius 2 is 2.04 bits per heavy atom. The molecule has 5 nitrogen and oxygen atoms in total. The van der Waals surface area contributed by atoms with Crippen LogP contribution in [0.2, 0.25) is 0 Å². The van der Waals surface area contributed by atoms with E-state index in [2.05, 4.69) is 22.5 Å². The molecule has 2 aromatic rings. The average molecular weight is 359 g/mol. The zero-order valence-corrected chi connectivity index (χ0v) is 15.6. The lowest BCUT2D eigenvalue weighted by Gasteiger charge is -2.34. The van der Waals surface area contributed by atoms with Gasteiger partial charge in [0.05, 0.1) is 6.61 Å². The van der Waals surface area contributed by atoms with Crippen LogP contribution in [0.15, 0.2) is 29.6 Å². The minimum Gasteiger partial charge on any atom is -0.494 e. The molecule has 0 unspecified atom stereocenters. The molecule has 0 saturated carbocycles. The monoisotopic (exact) mass is 359 g/mol. The van der Waals surface area contributed by atoms with Gasteiger partial charge in [-0.3, -0.25) is 4.79 Å². The van der Waals surface area contributed by atoms with Gasteiger partial charge in [-0.2, -0.15) is 0 Å². The molecule has 0 aliphatic carbocycles. The summed E-state index contributed by atoms with van der Waals surface area (Å²) < 4.78 is 5.45. The van der Waals surface area contributed by atoms with Crippen LogP contribution in [0.1, 0.15) is 37.2 Å². The number of carbonyl (C=O) groups excluding carboxylic acids is 1. The van der Waals surface area contributed by atoms with Crippen LogP contribution >= 0.6 is 11.3 Å². The number of amides is 1. The lowest BCUT2D eigenvalue weighted by atomic mass is 9.81. The number of nitrogens with zero attached hydrogens (tertiary/aromatic N) is 1. The number of hydrogen-bond acceptors (Lipinski definition) is 5. The standard InChI is InChI=1S/C19H25N3O2S/c1-3-24-15-6-4-14(5-7-15)18-22-16(12-25-18)17(23)21-13-19(2)8-10-20-11-9-19/h4-7,12,20H,3,8-11,13H2,1-2H3,(H,21,23). The molecule has 25 heavy (non-hydrogen) atoms. The van der Waals surface area contributed by atoms with Gasteiger partial charge >= 0.3 is 0 Å². The van der Waals surface area contributed by atoms with Crippen molar-refractivity contribution in [1.29, 1.82) is 0 Å². The van der Waals surface area contributed by atoms with E-state index in [4.69, 9.17) is 4.74 Å². The molecule has 1 aliphatic heterocycles. The second-order valence-electron chi connectivity index (χ2n) is 6.74. The number of piperidine rings is 1. The van der Waals surface area contributed by atoms with Crippen molar-refractivity contribution in [2.75, 3.05) is 26.2 Å². The molecule has 1 saturated heterocycles. The summed E-state index contributed by atoms with van der Waals surface area (Å²) in [5, 5.41) is 9.09. The zero-order valence-electron chi connectivity index (χ0n) is 14.8. The number of aromatic nitrogens is 1. The number of carbonyl (C=O) groups is 1. The fourth-order valence-corrected chi connectivity index (χ4v) is 3.77. The van der Waals surface area contributed by atoms with Crippen LogP contribution in [-0.2, 0) is 0 Å². The third-order valence-corrected chi connectivity index (χ3v) is 5.53. The lowest BCUT2D eigenvalue weighted by molar-refractivity contribution is 0.0918. The summed E-state index contributed by atoms with van der Waals surface area (Å²) in [4.78, 5) is 16.9. The van der Waals surface area contributed by atoms with Crippen molar-refractivity contribution >= 4 is 17.2 Å². The second kappa shape index (κ2) is 7.97. The van der Waals surface area contributed by atoms with Crippen LogP contribution in [0, 0.1) is 5.41 Å². The van der Waals surface area contributed by atoms with Gasteiger partial charge in [0.15, 0.2) is 0 Å². The Hall–Kier alpha value is -1.92. The van der Waals surface area contributed by atoms with Gasteiger partial charge in [0.2, 0.25) is 0 Å². The molecule has 6 heteroatoms. The number of nitrogens with one attached hydrogen (secondary N) is 2. The van der Waals surface area contributed by atoms with Crippen molar-refractivity contribution in [3.8, 4) is 16.3 Å². The molecule has 3 rings (SSSR count). The van der Waals surface area contributed by atoms with Crippen LogP contribution in [0.25, 0.3) is 10.6 Å². The molecule has 0 radical (unpaired) electrons.